The van der Waals surface area contributed by atoms with E-state index in [9.17, 15) is 9.59 Å². The molecule has 0 aliphatic heterocycles. The van der Waals surface area contributed by atoms with Crippen LogP contribution < -0.4 is 5.32 Å². The molecule has 0 saturated carbocycles. The molecule has 0 aliphatic rings. The molecule has 1 aromatic heterocycles. The van der Waals surface area contributed by atoms with Crippen molar-refractivity contribution in [1.82, 2.24) is 15.1 Å². The number of amides is 2. The Labute approximate surface area is 162 Å². The van der Waals surface area contributed by atoms with Crippen molar-refractivity contribution >= 4 is 29.1 Å². The molecule has 3 rings (SSSR count). The Morgan fingerprint density at radius 3 is 2.37 bits per heavy atom. The van der Waals surface area contributed by atoms with Gasteiger partial charge in [-0.05, 0) is 29.8 Å². The summed E-state index contributed by atoms with van der Waals surface area (Å²) in [4.78, 5) is 25.9. The number of H-pyrrole nitrogens is 1. The summed E-state index contributed by atoms with van der Waals surface area (Å²) in [7, 11) is 3.44. The maximum Gasteiger partial charge on any atom is 0.259 e. The van der Waals surface area contributed by atoms with Gasteiger partial charge in [-0.3, -0.25) is 14.7 Å². The highest BCUT2D eigenvalue weighted by Crippen LogP contribution is 2.24. The average Bonchev–Trinajstić information content (AvgIpc) is 3.13. The monoisotopic (exact) mass is 382 g/mol. The van der Waals surface area contributed by atoms with Gasteiger partial charge in [-0.2, -0.15) is 5.10 Å². The highest BCUT2D eigenvalue weighted by molar-refractivity contribution is 6.30. The summed E-state index contributed by atoms with van der Waals surface area (Å²) in [6.07, 6.45) is 1.81. The molecule has 0 atom stereocenters. The fourth-order valence-corrected chi connectivity index (χ4v) is 2.66. The van der Waals surface area contributed by atoms with Gasteiger partial charge in [0.15, 0.2) is 0 Å². The summed E-state index contributed by atoms with van der Waals surface area (Å²) in [5.74, 6) is -0.247. The molecule has 6 nitrogen and oxygen atoms in total. The van der Waals surface area contributed by atoms with E-state index in [0.29, 0.717) is 28.4 Å². The first-order valence-electron chi connectivity index (χ1n) is 8.34. The molecule has 0 unspecified atom stereocenters. The second kappa shape index (κ2) is 8.05. The Morgan fingerprint density at radius 2 is 1.74 bits per heavy atom. The number of rotatable bonds is 5. The number of hydrogen-bond donors (Lipinski definition) is 2. The molecule has 0 radical (unpaired) electrons. The molecule has 3 aromatic rings. The van der Waals surface area contributed by atoms with Gasteiger partial charge in [0.1, 0.15) is 0 Å². The second-order valence-corrected chi connectivity index (χ2v) is 6.72. The Bertz CT molecular complexity index is 947. The fraction of sp³-hybridized carbons (Fsp3) is 0.150. The van der Waals surface area contributed by atoms with Crippen molar-refractivity contribution in [2.45, 2.75) is 6.42 Å². The highest BCUT2D eigenvalue weighted by Gasteiger charge is 2.15. The molecule has 0 fully saturated rings. The maximum absolute atomic E-state index is 12.6. The summed E-state index contributed by atoms with van der Waals surface area (Å²) in [6, 6.07) is 14.4. The Morgan fingerprint density at radius 1 is 1.07 bits per heavy atom. The molecule has 2 aromatic carbocycles. The Balaban J connectivity index is 1.72. The van der Waals surface area contributed by atoms with Gasteiger partial charge < -0.3 is 10.2 Å². The summed E-state index contributed by atoms with van der Waals surface area (Å²) < 4.78 is 0. The lowest BCUT2D eigenvalue weighted by Gasteiger charge is -2.10. The molecule has 0 saturated heterocycles. The van der Waals surface area contributed by atoms with Crippen molar-refractivity contribution in [3.8, 4) is 11.3 Å². The van der Waals surface area contributed by atoms with E-state index in [1.54, 1.807) is 43.3 Å². The topological polar surface area (TPSA) is 78.1 Å². The van der Waals surface area contributed by atoms with Gasteiger partial charge >= 0.3 is 0 Å². The van der Waals surface area contributed by atoms with Crippen molar-refractivity contribution in [2.24, 2.45) is 0 Å². The van der Waals surface area contributed by atoms with Crippen molar-refractivity contribution in [2.75, 3.05) is 19.4 Å². The maximum atomic E-state index is 12.6. The number of aromatic amines is 1. The van der Waals surface area contributed by atoms with Crippen LogP contribution in [-0.4, -0.2) is 41.0 Å². The van der Waals surface area contributed by atoms with Gasteiger partial charge in [0.2, 0.25) is 5.91 Å². The van der Waals surface area contributed by atoms with Crippen LogP contribution in [-0.2, 0) is 11.2 Å². The number of nitrogens with one attached hydrogen (secondary N) is 2. The summed E-state index contributed by atoms with van der Waals surface area (Å²) >= 11 is 5.92. The number of hydrogen-bond acceptors (Lipinski definition) is 3. The number of halogens is 1. The van der Waals surface area contributed by atoms with E-state index < -0.39 is 0 Å². The van der Waals surface area contributed by atoms with Crippen LogP contribution >= 0.6 is 11.6 Å². The molecular formula is C20H19ClN4O2. The third kappa shape index (κ3) is 4.54. The first-order valence-corrected chi connectivity index (χ1v) is 8.71. The number of aromatic nitrogens is 2. The van der Waals surface area contributed by atoms with Crippen LogP contribution in [0.5, 0.6) is 0 Å². The van der Waals surface area contributed by atoms with Gasteiger partial charge in [-0.25, -0.2) is 0 Å². The molecule has 1 heterocycles. The quantitative estimate of drug-likeness (QED) is 0.707. The molecular weight excluding hydrogens is 364 g/mol. The fourth-order valence-electron chi connectivity index (χ4n) is 2.53. The standard InChI is InChI=1S/C20H19ClN4O2/c1-25(2)18(26)11-13-3-9-16(10-4-13)23-20(27)17-12-22-24-19(17)14-5-7-15(21)8-6-14/h3-10,12H,11H2,1-2H3,(H,22,24)(H,23,27). The minimum atomic E-state index is -0.272. The number of carbonyl (C=O) groups is 2. The third-order valence-electron chi connectivity index (χ3n) is 4.08. The third-order valence-corrected chi connectivity index (χ3v) is 4.33. The van der Waals surface area contributed by atoms with E-state index in [1.807, 2.05) is 24.3 Å². The van der Waals surface area contributed by atoms with E-state index in [2.05, 4.69) is 15.5 Å². The average molecular weight is 383 g/mol. The van der Waals surface area contributed by atoms with Crippen LogP contribution in [0.4, 0.5) is 5.69 Å². The van der Waals surface area contributed by atoms with Gasteiger partial charge in [0, 0.05) is 30.4 Å². The van der Waals surface area contributed by atoms with Crippen molar-refractivity contribution in [3.63, 3.8) is 0 Å². The number of benzene rings is 2. The van der Waals surface area contributed by atoms with Crippen LogP contribution in [0.25, 0.3) is 11.3 Å². The van der Waals surface area contributed by atoms with Gasteiger partial charge in [0.25, 0.3) is 5.91 Å². The largest absolute Gasteiger partial charge is 0.349 e. The van der Waals surface area contributed by atoms with Gasteiger partial charge in [-0.15, -0.1) is 0 Å². The van der Waals surface area contributed by atoms with Crippen LogP contribution in [0.2, 0.25) is 5.02 Å². The zero-order chi connectivity index (χ0) is 19.4. The number of nitrogens with zero attached hydrogens (tertiary/aromatic N) is 2. The molecule has 2 N–H and O–H groups in total. The SMILES string of the molecule is CN(C)C(=O)Cc1ccc(NC(=O)c2cn[nH]c2-c2ccc(Cl)cc2)cc1. The number of likely N-dealkylation sites (N-methyl/N-ethyl adjacent to an activating group) is 1. The Kier molecular flexibility index (Phi) is 5.57. The second-order valence-electron chi connectivity index (χ2n) is 6.28. The van der Waals surface area contributed by atoms with Crippen LogP contribution in [0.3, 0.4) is 0 Å². The van der Waals surface area contributed by atoms with Crippen molar-refractivity contribution < 1.29 is 9.59 Å². The lowest BCUT2D eigenvalue weighted by Crippen LogP contribution is -2.23. The van der Waals surface area contributed by atoms with E-state index in [1.165, 1.54) is 6.20 Å². The first-order chi connectivity index (χ1) is 12.9. The molecule has 0 bridgehead atoms. The van der Waals surface area contributed by atoms with Gasteiger partial charge in [0.05, 0.1) is 23.9 Å². The number of anilines is 1. The minimum absolute atomic E-state index is 0.0257. The minimum Gasteiger partial charge on any atom is -0.349 e. The van der Waals surface area contributed by atoms with E-state index in [0.717, 1.165) is 11.1 Å². The molecule has 7 heteroatoms. The van der Waals surface area contributed by atoms with Crippen LogP contribution in [0.15, 0.2) is 54.7 Å². The molecule has 138 valence electrons. The summed E-state index contributed by atoms with van der Waals surface area (Å²) in [5.41, 5.74) is 3.40. The lowest BCUT2D eigenvalue weighted by atomic mass is 10.1. The first kappa shape index (κ1) is 18.7. The number of carbonyl (C=O) groups excluding carboxylic acids is 2. The zero-order valence-electron chi connectivity index (χ0n) is 15.0. The summed E-state index contributed by atoms with van der Waals surface area (Å²) in [5, 5.41) is 10.3. The Hall–Kier alpha value is -3.12. The predicted octanol–water partition coefficient (Wildman–Crippen LogP) is 3.61. The van der Waals surface area contributed by atoms with E-state index >= 15 is 0 Å². The normalized spacial score (nSPS) is 10.5. The van der Waals surface area contributed by atoms with Crippen molar-refractivity contribution in [3.05, 3.63) is 70.9 Å². The van der Waals surface area contributed by atoms with E-state index in [-0.39, 0.29) is 11.8 Å². The van der Waals surface area contributed by atoms with Crippen LogP contribution in [0.1, 0.15) is 15.9 Å². The zero-order valence-corrected chi connectivity index (χ0v) is 15.7. The summed E-state index contributed by atoms with van der Waals surface area (Å²) in [6.45, 7) is 0. The molecule has 27 heavy (non-hydrogen) atoms. The molecule has 2 amide bonds. The van der Waals surface area contributed by atoms with Crippen LogP contribution in [0, 0.1) is 0 Å². The smallest absolute Gasteiger partial charge is 0.259 e. The van der Waals surface area contributed by atoms with E-state index in [4.69, 9.17) is 11.6 Å². The molecule has 0 aliphatic carbocycles. The van der Waals surface area contributed by atoms with Crippen molar-refractivity contribution in [1.29, 1.82) is 0 Å². The van der Waals surface area contributed by atoms with Gasteiger partial charge in [-0.1, -0.05) is 35.9 Å². The predicted molar refractivity (Wildman–Crippen MR) is 106 cm³/mol. The lowest BCUT2D eigenvalue weighted by molar-refractivity contribution is -0.127. The highest BCUT2D eigenvalue weighted by atomic mass is 35.5. The molecule has 0 spiro atoms.